The van der Waals surface area contributed by atoms with Gasteiger partial charge < -0.3 is 9.84 Å². The molecule has 0 saturated carbocycles. The highest BCUT2D eigenvalue weighted by atomic mass is 32.2. The molecule has 2 aliphatic rings. The number of carbonyl (C=O) groups excluding carboxylic acids is 3. The molecule has 0 aromatic heterocycles. The molecule has 1 fully saturated rings. The molecule has 0 bridgehead atoms. The topological polar surface area (TPSA) is 113 Å². The zero-order valence-electron chi connectivity index (χ0n) is 16.6. The number of carbonyl (C=O) groups is 4. The minimum atomic E-state index is -1.35. The quantitative estimate of drug-likeness (QED) is 0.517. The number of carboxylic acid groups (broad SMARTS) is 1. The number of nitrogens with zero attached hydrogens (tertiary/aromatic N) is 1. The molecule has 0 spiro atoms. The Hall–Kier alpha value is -3.17. The van der Waals surface area contributed by atoms with Crippen LogP contribution < -0.4 is 5.32 Å². The first-order valence-electron chi connectivity index (χ1n) is 9.65. The van der Waals surface area contributed by atoms with Gasteiger partial charge in [-0.1, -0.05) is 36.4 Å². The summed E-state index contributed by atoms with van der Waals surface area (Å²) in [4.78, 5) is 50.4. The largest absolute Gasteiger partial charge is 0.480 e. The van der Waals surface area contributed by atoms with Crippen molar-refractivity contribution in [1.29, 1.82) is 0 Å². The van der Waals surface area contributed by atoms with Crippen LogP contribution in [0.2, 0.25) is 0 Å². The molecule has 3 atom stereocenters. The predicted octanol–water partition coefficient (Wildman–Crippen LogP) is 1.86. The van der Waals surface area contributed by atoms with Crippen LogP contribution in [0.5, 0.6) is 0 Å². The summed E-state index contributed by atoms with van der Waals surface area (Å²) >= 11 is 1.51. The first-order valence-corrected chi connectivity index (χ1v) is 10.7. The number of nitrogens with one attached hydrogen (secondary N) is 1. The summed E-state index contributed by atoms with van der Waals surface area (Å²) in [6.45, 7) is 0. The SMILES string of the molecule is COC(=O)C1CSC(c2ccccc2C[C@@H](C(=O)O)N2C(=O)c3ccccc3C2=O)N1. The van der Waals surface area contributed by atoms with Gasteiger partial charge in [0.05, 0.1) is 23.6 Å². The summed E-state index contributed by atoms with van der Waals surface area (Å²) < 4.78 is 4.79. The molecule has 2 aliphatic heterocycles. The van der Waals surface area contributed by atoms with E-state index in [0.29, 0.717) is 11.3 Å². The van der Waals surface area contributed by atoms with Gasteiger partial charge in [-0.3, -0.25) is 24.6 Å². The average Bonchev–Trinajstić information content (AvgIpc) is 3.36. The minimum Gasteiger partial charge on any atom is -0.480 e. The Morgan fingerprint density at radius 1 is 1.13 bits per heavy atom. The maximum absolute atomic E-state index is 12.8. The van der Waals surface area contributed by atoms with Crippen LogP contribution >= 0.6 is 11.8 Å². The van der Waals surface area contributed by atoms with Gasteiger partial charge in [0.25, 0.3) is 11.8 Å². The molecule has 4 rings (SSSR count). The molecule has 160 valence electrons. The van der Waals surface area contributed by atoms with Crippen LogP contribution in [-0.4, -0.2) is 58.7 Å². The van der Waals surface area contributed by atoms with E-state index < -0.39 is 29.9 Å². The number of rotatable bonds is 6. The van der Waals surface area contributed by atoms with Gasteiger partial charge >= 0.3 is 11.9 Å². The molecule has 31 heavy (non-hydrogen) atoms. The number of thioether (sulfide) groups is 1. The number of hydrogen-bond donors (Lipinski definition) is 2. The highest BCUT2D eigenvalue weighted by Gasteiger charge is 2.43. The molecule has 2 N–H and O–H groups in total. The fourth-order valence-electron chi connectivity index (χ4n) is 3.89. The zero-order chi connectivity index (χ0) is 22.1. The van der Waals surface area contributed by atoms with Crippen molar-refractivity contribution in [2.24, 2.45) is 0 Å². The van der Waals surface area contributed by atoms with Crippen LogP contribution in [0.4, 0.5) is 0 Å². The normalized spacial score (nSPS) is 21.1. The highest BCUT2D eigenvalue weighted by molar-refractivity contribution is 7.99. The van der Waals surface area contributed by atoms with Crippen LogP contribution in [0.1, 0.15) is 37.2 Å². The van der Waals surface area contributed by atoms with Crippen molar-refractivity contribution in [1.82, 2.24) is 10.2 Å². The smallest absolute Gasteiger partial charge is 0.327 e. The summed E-state index contributed by atoms with van der Waals surface area (Å²) in [5.41, 5.74) is 1.91. The summed E-state index contributed by atoms with van der Waals surface area (Å²) in [5, 5.41) is 12.8. The molecular formula is C22H20N2O6S. The Morgan fingerprint density at radius 3 is 2.35 bits per heavy atom. The van der Waals surface area contributed by atoms with Crippen molar-refractivity contribution >= 4 is 35.5 Å². The second kappa shape index (κ2) is 8.52. The zero-order valence-corrected chi connectivity index (χ0v) is 17.4. The van der Waals surface area contributed by atoms with Gasteiger partial charge in [-0.2, -0.15) is 0 Å². The highest BCUT2D eigenvalue weighted by Crippen LogP contribution is 2.36. The second-order valence-electron chi connectivity index (χ2n) is 7.24. The van der Waals surface area contributed by atoms with E-state index in [1.807, 2.05) is 12.1 Å². The molecule has 9 heteroatoms. The first-order chi connectivity index (χ1) is 14.9. The van der Waals surface area contributed by atoms with Gasteiger partial charge in [0.2, 0.25) is 0 Å². The maximum Gasteiger partial charge on any atom is 0.327 e. The van der Waals surface area contributed by atoms with E-state index in [1.165, 1.54) is 31.0 Å². The Bertz CT molecular complexity index is 1040. The summed E-state index contributed by atoms with van der Waals surface area (Å²) in [5.74, 6) is -2.31. The van der Waals surface area contributed by atoms with E-state index in [4.69, 9.17) is 4.74 Å². The van der Waals surface area contributed by atoms with Gasteiger partial charge in [0, 0.05) is 12.2 Å². The van der Waals surface area contributed by atoms with Gasteiger partial charge in [-0.25, -0.2) is 4.79 Å². The lowest BCUT2D eigenvalue weighted by molar-refractivity contribution is -0.142. The van der Waals surface area contributed by atoms with E-state index >= 15 is 0 Å². The number of fused-ring (bicyclic) bond motifs is 1. The summed E-state index contributed by atoms with van der Waals surface area (Å²) in [7, 11) is 1.33. The first kappa shape index (κ1) is 21.1. The van der Waals surface area contributed by atoms with Crippen molar-refractivity contribution in [3.63, 3.8) is 0 Å². The van der Waals surface area contributed by atoms with E-state index in [0.717, 1.165) is 10.5 Å². The molecular weight excluding hydrogens is 420 g/mol. The Kier molecular flexibility index (Phi) is 5.79. The molecule has 2 amide bonds. The van der Waals surface area contributed by atoms with E-state index in [2.05, 4.69) is 5.32 Å². The van der Waals surface area contributed by atoms with Crippen molar-refractivity contribution in [3.05, 3.63) is 70.8 Å². The number of ether oxygens (including phenoxy) is 1. The number of aliphatic carboxylic acids is 1. The lowest BCUT2D eigenvalue weighted by atomic mass is 9.98. The number of esters is 1. The number of amides is 2. The maximum atomic E-state index is 12.8. The Labute approximate surface area is 182 Å². The Balaban J connectivity index is 1.61. The van der Waals surface area contributed by atoms with Gasteiger partial charge in [0.1, 0.15) is 12.1 Å². The van der Waals surface area contributed by atoms with Crippen molar-refractivity contribution in [3.8, 4) is 0 Å². The van der Waals surface area contributed by atoms with E-state index in [9.17, 15) is 24.3 Å². The minimum absolute atomic E-state index is 0.0430. The van der Waals surface area contributed by atoms with Gasteiger partial charge in [-0.05, 0) is 23.3 Å². The number of carboxylic acids is 1. The van der Waals surface area contributed by atoms with E-state index in [1.54, 1.807) is 24.3 Å². The number of hydrogen-bond acceptors (Lipinski definition) is 7. The second-order valence-corrected chi connectivity index (χ2v) is 8.38. The predicted molar refractivity (Wildman–Crippen MR) is 113 cm³/mol. The lowest BCUT2D eigenvalue weighted by Gasteiger charge is -2.24. The van der Waals surface area contributed by atoms with Gasteiger partial charge in [-0.15, -0.1) is 11.8 Å². The third-order valence-corrected chi connectivity index (χ3v) is 6.69. The van der Waals surface area contributed by atoms with Crippen molar-refractivity contribution in [2.75, 3.05) is 12.9 Å². The van der Waals surface area contributed by atoms with Crippen LogP contribution in [0.3, 0.4) is 0 Å². The molecule has 0 aliphatic carbocycles. The van der Waals surface area contributed by atoms with Crippen LogP contribution in [0, 0.1) is 0 Å². The fraction of sp³-hybridized carbons (Fsp3) is 0.273. The third-order valence-electron chi connectivity index (χ3n) is 5.44. The standard InChI is InChI=1S/C22H20N2O6S/c1-30-22(29)16-11-31-18(23-16)13-7-3-2-6-12(13)10-17(21(27)28)24-19(25)14-8-4-5-9-15(14)20(24)26/h2-9,16-18,23H,10-11H2,1H3,(H,27,28)/t16?,17-,18?/m0/s1. The third kappa shape index (κ3) is 3.82. The summed E-state index contributed by atoms with van der Waals surface area (Å²) in [6, 6.07) is 11.7. The fourth-order valence-corrected chi connectivity index (χ4v) is 5.18. The van der Waals surface area contributed by atoms with Crippen LogP contribution in [0.25, 0.3) is 0 Å². The number of imide groups is 1. The monoisotopic (exact) mass is 440 g/mol. The Morgan fingerprint density at radius 2 is 1.74 bits per heavy atom. The molecule has 1 saturated heterocycles. The summed E-state index contributed by atoms with van der Waals surface area (Å²) in [6.07, 6.45) is -0.0430. The number of methoxy groups -OCH3 is 1. The lowest BCUT2D eigenvalue weighted by Crippen LogP contribution is -2.46. The molecule has 0 radical (unpaired) electrons. The molecule has 2 heterocycles. The van der Waals surface area contributed by atoms with E-state index in [-0.39, 0.29) is 28.9 Å². The van der Waals surface area contributed by atoms with Crippen molar-refractivity contribution < 1.29 is 29.0 Å². The van der Waals surface area contributed by atoms with Crippen molar-refractivity contribution in [2.45, 2.75) is 23.9 Å². The molecule has 2 unspecified atom stereocenters. The molecule has 2 aromatic rings. The molecule has 2 aromatic carbocycles. The van der Waals surface area contributed by atoms with Crippen LogP contribution in [0.15, 0.2) is 48.5 Å². The number of benzene rings is 2. The van der Waals surface area contributed by atoms with Gasteiger partial charge in [0.15, 0.2) is 0 Å². The molecule has 8 nitrogen and oxygen atoms in total. The average molecular weight is 440 g/mol. The van der Waals surface area contributed by atoms with Crippen LogP contribution in [-0.2, 0) is 20.7 Å².